The zero-order valence-electron chi connectivity index (χ0n) is 14.6. The molecule has 0 fully saturated rings. The molecule has 0 atom stereocenters. The average molecular weight is 324 g/mol. The third kappa shape index (κ3) is 4.61. The largest absolute Gasteiger partial charge is 0.507 e. The molecular weight excluding hydrogens is 296 g/mol. The highest BCUT2D eigenvalue weighted by Gasteiger charge is 2.26. The molecule has 0 spiro atoms. The van der Waals surface area contributed by atoms with Gasteiger partial charge in [0, 0.05) is 18.2 Å². The van der Waals surface area contributed by atoms with Gasteiger partial charge in [-0.15, -0.1) is 0 Å². The van der Waals surface area contributed by atoms with Crippen molar-refractivity contribution in [2.75, 3.05) is 13.9 Å². The molecule has 23 heavy (non-hydrogen) atoms. The van der Waals surface area contributed by atoms with Crippen LogP contribution in [0.4, 0.5) is 0 Å². The van der Waals surface area contributed by atoms with Gasteiger partial charge in [-0.1, -0.05) is 26.7 Å². The third-order valence-electron chi connectivity index (χ3n) is 3.83. The van der Waals surface area contributed by atoms with E-state index in [1.807, 2.05) is 6.92 Å². The second-order valence-corrected chi connectivity index (χ2v) is 5.67. The van der Waals surface area contributed by atoms with Crippen LogP contribution in [-0.2, 0) is 17.6 Å². The fraction of sp³-hybridized carbons (Fsp3) is 0.611. The monoisotopic (exact) mass is 324 g/mol. The highest BCUT2D eigenvalue weighted by molar-refractivity contribution is 6.01. The second-order valence-electron chi connectivity index (χ2n) is 5.67. The van der Waals surface area contributed by atoms with Crippen molar-refractivity contribution in [3.63, 3.8) is 0 Å². The first-order valence-electron chi connectivity index (χ1n) is 8.21. The molecule has 5 heteroatoms. The first-order valence-corrected chi connectivity index (χ1v) is 8.21. The molecular formula is C18H28O5. The summed E-state index contributed by atoms with van der Waals surface area (Å²) in [7, 11) is 1.48. The van der Waals surface area contributed by atoms with Gasteiger partial charge in [-0.3, -0.25) is 4.79 Å². The summed E-state index contributed by atoms with van der Waals surface area (Å²) in [5.41, 5.74) is 1.16. The van der Waals surface area contributed by atoms with Crippen molar-refractivity contribution in [2.45, 2.75) is 59.3 Å². The van der Waals surface area contributed by atoms with Gasteiger partial charge >= 0.3 is 0 Å². The molecule has 0 aliphatic heterocycles. The summed E-state index contributed by atoms with van der Waals surface area (Å²) in [6, 6.07) is 0. The van der Waals surface area contributed by atoms with Crippen LogP contribution in [0.2, 0.25) is 0 Å². The van der Waals surface area contributed by atoms with Crippen LogP contribution in [0.3, 0.4) is 0 Å². The fourth-order valence-corrected chi connectivity index (χ4v) is 2.59. The van der Waals surface area contributed by atoms with Gasteiger partial charge < -0.3 is 19.7 Å². The summed E-state index contributed by atoms with van der Waals surface area (Å²) >= 11 is 0. The van der Waals surface area contributed by atoms with Gasteiger partial charge in [0.1, 0.15) is 22.8 Å². The standard InChI is InChI=1S/C18H28O5/c1-5-7-9-13-16(20)14(10-8-6-2)18(23-11-22-4)15(12(3)19)17(13)21/h20-21H,5-11H2,1-4H3. The summed E-state index contributed by atoms with van der Waals surface area (Å²) in [4.78, 5) is 12.1. The van der Waals surface area contributed by atoms with E-state index in [-0.39, 0.29) is 35.4 Å². The predicted molar refractivity (Wildman–Crippen MR) is 89.5 cm³/mol. The van der Waals surface area contributed by atoms with E-state index in [1.54, 1.807) is 0 Å². The zero-order valence-corrected chi connectivity index (χ0v) is 14.6. The van der Waals surface area contributed by atoms with Crippen molar-refractivity contribution >= 4 is 5.78 Å². The third-order valence-corrected chi connectivity index (χ3v) is 3.83. The van der Waals surface area contributed by atoms with E-state index in [2.05, 4.69) is 6.92 Å². The van der Waals surface area contributed by atoms with E-state index in [0.29, 0.717) is 24.0 Å². The summed E-state index contributed by atoms with van der Waals surface area (Å²) in [6.45, 7) is 5.43. The fourth-order valence-electron chi connectivity index (χ4n) is 2.59. The number of ketones is 1. The molecule has 130 valence electrons. The van der Waals surface area contributed by atoms with Gasteiger partial charge in [0.05, 0.1) is 0 Å². The van der Waals surface area contributed by atoms with Crippen LogP contribution in [0, 0.1) is 0 Å². The van der Waals surface area contributed by atoms with Gasteiger partial charge in [-0.25, -0.2) is 0 Å². The maximum atomic E-state index is 12.1. The normalized spacial score (nSPS) is 10.8. The average Bonchev–Trinajstić information content (AvgIpc) is 2.51. The minimum atomic E-state index is -0.288. The Bertz CT molecular complexity index is 537. The van der Waals surface area contributed by atoms with Crippen LogP contribution in [0.25, 0.3) is 0 Å². The Morgan fingerprint density at radius 2 is 1.57 bits per heavy atom. The van der Waals surface area contributed by atoms with E-state index in [9.17, 15) is 15.0 Å². The van der Waals surface area contributed by atoms with Crippen molar-refractivity contribution in [3.8, 4) is 17.2 Å². The Morgan fingerprint density at radius 3 is 2.04 bits per heavy atom. The number of hydrogen-bond acceptors (Lipinski definition) is 5. The predicted octanol–water partition coefficient (Wildman–Crippen LogP) is 3.97. The van der Waals surface area contributed by atoms with Crippen molar-refractivity contribution in [3.05, 3.63) is 16.7 Å². The van der Waals surface area contributed by atoms with E-state index in [0.717, 1.165) is 25.7 Å². The minimum absolute atomic E-state index is 0.0421. The van der Waals surface area contributed by atoms with E-state index < -0.39 is 0 Å². The number of methoxy groups -OCH3 is 1. The number of phenols is 2. The number of carbonyl (C=O) groups is 1. The van der Waals surface area contributed by atoms with Crippen LogP contribution < -0.4 is 4.74 Å². The van der Waals surface area contributed by atoms with E-state index >= 15 is 0 Å². The first kappa shape index (κ1) is 19.3. The molecule has 0 heterocycles. The van der Waals surface area contributed by atoms with Crippen LogP contribution in [-0.4, -0.2) is 29.9 Å². The number of carbonyl (C=O) groups excluding carboxylic acids is 1. The number of ether oxygens (including phenoxy) is 2. The molecule has 0 unspecified atom stereocenters. The number of Topliss-reactive ketones (excluding diaryl/α,β-unsaturated/α-hetero) is 1. The molecule has 1 rings (SSSR count). The molecule has 1 aromatic carbocycles. The Balaban J connectivity index is 3.52. The van der Waals surface area contributed by atoms with Crippen molar-refractivity contribution < 1.29 is 24.5 Å². The SMILES string of the molecule is CCCCc1c(O)c(CCCC)c(OCOC)c(C(C)=O)c1O. The van der Waals surface area contributed by atoms with Gasteiger partial charge in [-0.2, -0.15) is 0 Å². The number of rotatable bonds is 10. The van der Waals surface area contributed by atoms with Gasteiger partial charge in [0.15, 0.2) is 12.6 Å². The highest BCUT2D eigenvalue weighted by Crippen LogP contribution is 2.44. The number of hydrogen-bond donors (Lipinski definition) is 2. The molecule has 5 nitrogen and oxygen atoms in total. The number of phenolic OH excluding ortho intramolecular Hbond substituents is 2. The Kier molecular flexibility index (Phi) is 7.89. The van der Waals surface area contributed by atoms with Crippen molar-refractivity contribution in [1.82, 2.24) is 0 Å². The molecule has 0 aliphatic rings. The molecule has 0 amide bonds. The lowest BCUT2D eigenvalue weighted by Gasteiger charge is -2.20. The van der Waals surface area contributed by atoms with Gasteiger partial charge in [-0.05, 0) is 32.6 Å². The van der Waals surface area contributed by atoms with Crippen LogP contribution >= 0.6 is 0 Å². The van der Waals surface area contributed by atoms with E-state index in [1.165, 1.54) is 14.0 Å². The smallest absolute Gasteiger partial charge is 0.188 e. The summed E-state index contributed by atoms with van der Waals surface area (Å²) in [6.07, 6.45) is 4.67. The molecule has 0 saturated carbocycles. The lowest BCUT2D eigenvalue weighted by Crippen LogP contribution is -2.10. The van der Waals surface area contributed by atoms with Crippen molar-refractivity contribution in [1.29, 1.82) is 0 Å². The molecule has 0 saturated heterocycles. The quantitative estimate of drug-likeness (QED) is 0.503. The van der Waals surface area contributed by atoms with E-state index in [4.69, 9.17) is 9.47 Å². The number of aromatic hydroxyl groups is 2. The van der Waals surface area contributed by atoms with Crippen LogP contribution in [0.5, 0.6) is 17.2 Å². The molecule has 1 aromatic rings. The minimum Gasteiger partial charge on any atom is -0.507 e. The molecule has 2 N–H and O–H groups in total. The maximum absolute atomic E-state index is 12.1. The summed E-state index contributed by atoms with van der Waals surface area (Å²) in [5.74, 6) is -0.178. The lowest BCUT2D eigenvalue weighted by molar-refractivity contribution is 0.0491. The Labute approximate surface area is 138 Å². The van der Waals surface area contributed by atoms with Crippen LogP contribution in [0.15, 0.2) is 0 Å². The molecule has 0 aromatic heterocycles. The Hall–Kier alpha value is -1.75. The summed E-state index contributed by atoms with van der Waals surface area (Å²) < 4.78 is 10.5. The lowest BCUT2D eigenvalue weighted by atomic mass is 9.93. The van der Waals surface area contributed by atoms with Crippen LogP contribution in [0.1, 0.15) is 67.9 Å². The maximum Gasteiger partial charge on any atom is 0.188 e. The Morgan fingerprint density at radius 1 is 1.00 bits per heavy atom. The zero-order chi connectivity index (χ0) is 17.4. The molecule has 0 bridgehead atoms. The van der Waals surface area contributed by atoms with Crippen molar-refractivity contribution in [2.24, 2.45) is 0 Å². The topological polar surface area (TPSA) is 76.0 Å². The highest BCUT2D eigenvalue weighted by atomic mass is 16.7. The first-order chi connectivity index (χ1) is 11.0. The van der Waals surface area contributed by atoms with Gasteiger partial charge in [0.2, 0.25) is 0 Å². The molecule has 0 aliphatic carbocycles. The molecule has 0 radical (unpaired) electrons. The number of benzene rings is 1. The summed E-state index contributed by atoms with van der Waals surface area (Å²) in [5, 5.41) is 21.1. The number of unbranched alkanes of at least 4 members (excludes halogenated alkanes) is 2. The van der Waals surface area contributed by atoms with Gasteiger partial charge in [0.25, 0.3) is 0 Å². The second kappa shape index (κ2) is 9.40.